The second-order valence-electron chi connectivity index (χ2n) is 13.6. The van der Waals surface area contributed by atoms with Crippen LogP contribution in [0.2, 0.25) is 0 Å². The number of methoxy groups -OCH3 is 8. The Hall–Kier alpha value is -9.76. The third-order valence-corrected chi connectivity index (χ3v) is 9.25. The Morgan fingerprint density at radius 3 is 0.603 bits per heavy atom. The van der Waals surface area contributed by atoms with Crippen LogP contribution in [0, 0.1) is 5.41 Å². The van der Waals surface area contributed by atoms with Crippen molar-refractivity contribution in [1.29, 1.82) is 0 Å². The van der Waals surface area contributed by atoms with Gasteiger partial charge in [0.1, 0.15) is 100 Å². The van der Waals surface area contributed by atoms with Gasteiger partial charge in [-0.3, -0.25) is 0 Å². The van der Waals surface area contributed by atoms with Crippen molar-refractivity contribution in [1.82, 2.24) is 0 Å². The summed E-state index contributed by atoms with van der Waals surface area (Å²) in [6, 6.07) is 16.7. The fourth-order valence-corrected chi connectivity index (χ4v) is 5.86. The first-order valence-electron chi connectivity index (χ1n) is 20.2. The van der Waals surface area contributed by atoms with Gasteiger partial charge in [-0.2, -0.15) is 19.2 Å². The van der Waals surface area contributed by atoms with E-state index in [0.29, 0.717) is 0 Å². The first kappa shape index (κ1) is 55.8. The third-order valence-electron chi connectivity index (χ3n) is 9.25. The lowest BCUT2D eigenvalue weighted by Crippen LogP contribution is -2.44. The smallest absolute Gasteiger partial charge is 0.496 e. The topological polar surface area (TPSA) is 321 Å². The zero-order chi connectivity index (χ0) is 53.5. The van der Waals surface area contributed by atoms with Crippen LogP contribution in [0.5, 0.6) is 46.0 Å². The van der Waals surface area contributed by atoms with E-state index in [9.17, 15) is 38.4 Å². The van der Waals surface area contributed by atoms with E-state index in [4.69, 9.17) is 56.8 Å². The minimum absolute atomic E-state index is 0.0643. The number of hydrogen-bond donors (Lipinski definition) is 0. The number of hydrogen-bond acceptors (Lipinski definition) is 28. The Kier molecular flexibility index (Phi) is 21.0. The molecular formula is C45H44O28. The van der Waals surface area contributed by atoms with Crippen molar-refractivity contribution in [2.45, 2.75) is 0 Å². The second kappa shape index (κ2) is 27.4. The number of carbonyl (C=O) groups excluding carboxylic acids is 8. The van der Waals surface area contributed by atoms with Crippen molar-refractivity contribution in [3.05, 3.63) is 95.1 Å². The Labute approximate surface area is 412 Å². The van der Waals surface area contributed by atoms with Crippen LogP contribution in [0.15, 0.2) is 72.8 Å². The minimum Gasteiger partial charge on any atom is -0.496 e. The number of rotatable bonds is 20. The first-order valence-corrected chi connectivity index (χ1v) is 20.2. The molecule has 4 aromatic rings. The quantitative estimate of drug-likeness (QED) is 0.0440. The lowest BCUT2D eigenvalue weighted by atomic mass is 9.92. The van der Waals surface area contributed by atoms with Crippen LogP contribution >= 0.6 is 0 Å². The van der Waals surface area contributed by atoms with Crippen LogP contribution < -0.4 is 37.9 Å². The maximum Gasteiger partial charge on any atom is 0.549 e. The highest BCUT2D eigenvalue weighted by Gasteiger charge is 2.40. The molecule has 392 valence electrons. The highest BCUT2D eigenvalue weighted by atomic mass is 17.3. The summed E-state index contributed by atoms with van der Waals surface area (Å²) in [6.45, 7) is -4.93. The van der Waals surface area contributed by atoms with E-state index in [1.54, 1.807) is 0 Å². The zero-order valence-electron chi connectivity index (χ0n) is 39.7. The average Bonchev–Trinajstić information content (AvgIpc) is 3.42. The maximum atomic E-state index is 13.0. The lowest BCUT2D eigenvalue weighted by molar-refractivity contribution is -0.224. The summed E-state index contributed by atoms with van der Waals surface area (Å²) in [5.41, 5.74) is -3.74. The van der Waals surface area contributed by atoms with Crippen molar-refractivity contribution >= 4 is 48.5 Å². The maximum absolute atomic E-state index is 13.0. The number of carbonyl (C=O) groups is 8. The SMILES string of the molecule is COc1cccc(OC)c1C(=O)OOC(=O)OCC(COC(=O)OOC(=O)c1c(OC)cccc1OC)(COC(=O)OOC(=O)c1c(OC)cccc1OC)COC(=O)OOC(=O)c1c(OC)cccc1OC. The van der Waals surface area contributed by atoms with Gasteiger partial charge in [0.05, 0.1) is 56.9 Å². The van der Waals surface area contributed by atoms with Crippen molar-refractivity contribution in [3.8, 4) is 46.0 Å². The van der Waals surface area contributed by atoms with Gasteiger partial charge < -0.3 is 56.8 Å². The molecule has 73 heavy (non-hydrogen) atoms. The van der Waals surface area contributed by atoms with Gasteiger partial charge in [0.25, 0.3) is 0 Å². The predicted molar refractivity (Wildman–Crippen MR) is 232 cm³/mol. The van der Waals surface area contributed by atoms with Crippen LogP contribution in [-0.4, -0.2) is 132 Å². The monoisotopic (exact) mass is 1030 g/mol. The van der Waals surface area contributed by atoms with Gasteiger partial charge in [0, 0.05) is 0 Å². The van der Waals surface area contributed by atoms with Crippen LogP contribution in [0.1, 0.15) is 41.4 Å². The van der Waals surface area contributed by atoms with Crippen molar-refractivity contribution in [2.24, 2.45) is 5.41 Å². The molecule has 0 fully saturated rings. The molecular weight excluding hydrogens is 988 g/mol. The van der Waals surface area contributed by atoms with E-state index in [0.717, 1.165) is 0 Å². The van der Waals surface area contributed by atoms with Gasteiger partial charge in [-0.25, -0.2) is 58.3 Å². The van der Waals surface area contributed by atoms with E-state index >= 15 is 0 Å². The summed E-state index contributed by atoms with van der Waals surface area (Å²) in [6.07, 6.45) is -7.28. The fourth-order valence-electron chi connectivity index (χ4n) is 5.86. The first-order chi connectivity index (χ1) is 35.1. The summed E-state index contributed by atoms with van der Waals surface area (Å²) < 4.78 is 61.5. The van der Waals surface area contributed by atoms with E-state index in [2.05, 4.69) is 39.1 Å². The average molecular weight is 1030 g/mol. The van der Waals surface area contributed by atoms with Crippen LogP contribution in [0.25, 0.3) is 0 Å². The largest absolute Gasteiger partial charge is 0.549 e. The molecule has 0 radical (unpaired) electrons. The molecule has 4 aromatic carbocycles. The molecule has 0 saturated carbocycles. The van der Waals surface area contributed by atoms with E-state index < -0.39 is 80.3 Å². The molecule has 0 atom stereocenters. The minimum atomic E-state index is -2.41. The normalized spacial score (nSPS) is 10.3. The number of ether oxygens (including phenoxy) is 12. The molecule has 0 N–H and O–H groups in total. The molecule has 28 nitrogen and oxygen atoms in total. The summed E-state index contributed by atoms with van der Waals surface area (Å²) in [5, 5.41) is 0. The predicted octanol–water partition coefficient (Wildman–Crippen LogP) is 5.74. The molecule has 28 heteroatoms. The van der Waals surface area contributed by atoms with Gasteiger partial charge in [-0.05, 0) is 48.5 Å². The third kappa shape index (κ3) is 15.1. The molecule has 0 aliphatic carbocycles. The molecule has 0 heterocycles. The lowest BCUT2D eigenvalue weighted by Gasteiger charge is -2.30. The van der Waals surface area contributed by atoms with Gasteiger partial charge >= 0.3 is 48.5 Å². The van der Waals surface area contributed by atoms with E-state index in [1.807, 2.05) is 0 Å². The molecule has 0 unspecified atom stereocenters. The molecule has 0 aliphatic heterocycles. The summed E-state index contributed by atoms with van der Waals surface area (Å²) in [7, 11) is 9.77. The summed E-state index contributed by atoms with van der Waals surface area (Å²) in [4.78, 5) is 140. The molecule has 0 spiro atoms. The van der Waals surface area contributed by atoms with Crippen LogP contribution in [0.4, 0.5) is 19.2 Å². The van der Waals surface area contributed by atoms with Crippen LogP contribution in [-0.2, 0) is 58.0 Å². The van der Waals surface area contributed by atoms with Crippen molar-refractivity contribution in [3.63, 3.8) is 0 Å². The molecule has 0 aliphatic rings. The Morgan fingerprint density at radius 2 is 0.452 bits per heavy atom. The zero-order valence-corrected chi connectivity index (χ0v) is 39.7. The highest BCUT2D eigenvalue weighted by molar-refractivity contribution is 5.97. The van der Waals surface area contributed by atoms with Crippen molar-refractivity contribution < 1.29 is 134 Å². The van der Waals surface area contributed by atoms with Gasteiger partial charge in [0.2, 0.25) is 0 Å². The van der Waals surface area contributed by atoms with Gasteiger partial charge in [-0.15, -0.1) is 0 Å². The Bertz CT molecular complexity index is 2160. The number of benzene rings is 4. The molecule has 0 saturated heterocycles. The molecule has 0 aromatic heterocycles. The Balaban J connectivity index is 1.61. The van der Waals surface area contributed by atoms with E-state index in [-0.39, 0.29) is 68.2 Å². The van der Waals surface area contributed by atoms with Crippen molar-refractivity contribution in [2.75, 3.05) is 83.3 Å². The summed E-state index contributed by atoms with van der Waals surface area (Å²) in [5.74, 6) is -5.84. The van der Waals surface area contributed by atoms with Gasteiger partial charge in [0.15, 0.2) is 0 Å². The fraction of sp³-hybridized carbons (Fsp3) is 0.289. The Morgan fingerprint density at radius 1 is 0.288 bits per heavy atom. The second-order valence-corrected chi connectivity index (χ2v) is 13.6. The standard InChI is InChI=1S/C45H44O28/c1-54-25-13-9-14-26(55-2)33(25)37(46)66-70-41(50)62-21-45(22-63-42(51)71-67-38(47)34-27(56-3)15-10-16-28(34)57-4,23-64-43(52)72-68-39(48)35-29(58-5)17-11-18-30(35)59-6)24-65-44(53)73-69-40(49)36-31(60-7)19-12-20-32(36)61-8/h9-20H,21-24H2,1-8H3. The summed E-state index contributed by atoms with van der Waals surface area (Å²) >= 11 is 0. The molecule has 4 rings (SSSR count). The van der Waals surface area contributed by atoms with E-state index in [1.165, 1.54) is 130 Å². The molecule has 0 bridgehead atoms. The van der Waals surface area contributed by atoms with Crippen LogP contribution in [0.3, 0.4) is 0 Å². The van der Waals surface area contributed by atoms with Gasteiger partial charge in [-0.1, -0.05) is 24.3 Å². The highest BCUT2D eigenvalue weighted by Crippen LogP contribution is 2.33. The molecule has 0 amide bonds.